The second-order valence-corrected chi connectivity index (χ2v) is 41.4. The van der Waals surface area contributed by atoms with Gasteiger partial charge in [0, 0.05) is 243 Å². The van der Waals surface area contributed by atoms with Crippen LogP contribution in [0.25, 0.3) is 0 Å². The molecule has 7 aromatic heterocycles. The molecular formula is C115H165N23O6. The van der Waals surface area contributed by atoms with Crippen LogP contribution < -0.4 is 31.3 Å². The zero-order valence-corrected chi connectivity index (χ0v) is 88.1. The molecular weight excluding hydrogens is 1800 g/mol. The van der Waals surface area contributed by atoms with Crippen LogP contribution in [0.3, 0.4) is 0 Å². The van der Waals surface area contributed by atoms with E-state index in [-0.39, 0.29) is 29.5 Å². The number of likely N-dealkylation sites (N-methyl/N-ethyl adjacent to an activating group) is 1. The molecule has 29 nitrogen and oxygen atoms in total. The minimum atomic E-state index is 0.00430. The molecule has 5 amide bonds. The third-order valence-electron chi connectivity index (χ3n) is 30.4. The van der Waals surface area contributed by atoms with Crippen molar-refractivity contribution >= 4 is 29.5 Å². The van der Waals surface area contributed by atoms with Gasteiger partial charge in [-0.1, -0.05) is 107 Å². The van der Waals surface area contributed by atoms with Crippen molar-refractivity contribution in [3.63, 3.8) is 0 Å². The zero-order valence-electron chi connectivity index (χ0n) is 88.1. The van der Waals surface area contributed by atoms with Crippen molar-refractivity contribution in [1.82, 2.24) is 115 Å². The first-order valence-corrected chi connectivity index (χ1v) is 55.1. The van der Waals surface area contributed by atoms with Crippen molar-refractivity contribution < 1.29 is 28.7 Å². The third kappa shape index (κ3) is 29.2. The van der Waals surface area contributed by atoms with Gasteiger partial charge < -0.3 is 60.7 Å². The molecule has 0 spiro atoms. The van der Waals surface area contributed by atoms with Gasteiger partial charge in [0.05, 0.1) is 7.11 Å². The Bertz CT molecular complexity index is 5320. The van der Waals surface area contributed by atoms with Crippen LogP contribution in [0.1, 0.15) is 299 Å². The largest absolute Gasteiger partial charge is 0.497 e. The van der Waals surface area contributed by atoms with Crippen molar-refractivity contribution in [2.75, 3.05) is 113 Å². The van der Waals surface area contributed by atoms with Gasteiger partial charge in [-0.2, -0.15) is 25.5 Å². The molecule has 144 heavy (non-hydrogen) atoms. The van der Waals surface area contributed by atoms with Crippen molar-refractivity contribution in [3.05, 3.63) is 247 Å². The highest BCUT2D eigenvalue weighted by Gasteiger charge is 2.38. The van der Waals surface area contributed by atoms with E-state index < -0.39 is 0 Å². The Hall–Kier alpha value is -11.1. The molecule has 5 atom stereocenters. The number of aryl methyl sites for hydroxylation is 5. The van der Waals surface area contributed by atoms with Crippen LogP contribution in [-0.2, 0) is 130 Å². The Morgan fingerprint density at radius 3 is 1.08 bits per heavy atom. The summed E-state index contributed by atoms with van der Waals surface area (Å²) in [4.78, 5) is 86.5. The second kappa shape index (κ2) is 54.9. The monoisotopic (exact) mass is 1960 g/mol. The van der Waals surface area contributed by atoms with E-state index in [1.165, 1.54) is 93.1 Å². The molecule has 29 heteroatoms. The molecule has 776 valence electrons. The van der Waals surface area contributed by atoms with Crippen LogP contribution in [0.4, 0.5) is 0 Å². The average molecular weight is 1970 g/mol. The summed E-state index contributed by atoms with van der Waals surface area (Å²) in [7, 11) is 9.66. The van der Waals surface area contributed by atoms with E-state index >= 15 is 0 Å². The van der Waals surface area contributed by atoms with Gasteiger partial charge in [-0.05, 0) is 298 Å². The molecule has 5 N–H and O–H groups in total. The number of piperidine rings is 4. The number of rotatable bonds is 35. The lowest BCUT2D eigenvalue weighted by Gasteiger charge is -2.28. The lowest BCUT2D eigenvalue weighted by molar-refractivity contribution is 0.0708. The Morgan fingerprint density at radius 2 is 0.708 bits per heavy atom. The second-order valence-electron chi connectivity index (χ2n) is 41.4. The molecule has 5 aliphatic carbocycles. The highest BCUT2D eigenvalue weighted by atomic mass is 16.5. The Morgan fingerprint density at radius 1 is 0.361 bits per heavy atom. The fourth-order valence-corrected chi connectivity index (χ4v) is 22.4. The van der Waals surface area contributed by atoms with E-state index in [1.54, 1.807) is 12.0 Å². The number of hydrogen-bond acceptors (Lipinski definition) is 19. The minimum absolute atomic E-state index is 0.00430. The summed E-state index contributed by atoms with van der Waals surface area (Å²) >= 11 is 0. The van der Waals surface area contributed by atoms with Crippen LogP contribution in [0.2, 0.25) is 0 Å². The van der Waals surface area contributed by atoms with E-state index in [0.29, 0.717) is 53.8 Å². The maximum absolute atomic E-state index is 13.3. The third-order valence-corrected chi connectivity index (χ3v) is 30.4. The van der Waals surface area contributed by atoms with E-state index in [4.69, 9.17) is 25.1 Å². The Labute approximate surface area is 856 Å². The van der Waals surface area contributed by atoms with Crippen LogP contribution in [0.15, 0.2) is 134 Å². The highest BCUT2D eigenvalue weighted by Crippen LogP contribution is 2.34. The number of benzene rings is 3. The van der Waals surface area contributed by atoms with Crippen LogP contribution in [0, 0.1) is 0 Å². The summed E-state index contributed by atoms with van der Waals surface area (Å²) in [5, 5.41) is 42.3. The predicted octanol–water partition coefficient (Wildman–Crippen LogP) is 14.9. The van der Waals surface area contributed by atoms with E-state index in [9.17, 15) is 24.0 Å². The topological polar surface area (TPSA) is 289 Å². The van der Waals surface area contributed by atoms with Gasteiger partial charge in [0.15, 0.2) is 28.5 Å². The fourth-order valence-electron chi connectivity index (χ4n) is 22.4. The Kier molecular flexibility index (Phi) is 40.9. The molecule has 0 bridgehead atoms. The molecule has 5 unspecified atom stereocenters. The van der Waals surface area contributed by atoms with E-state index in [0.717, 1.165) is 344 Å². The molecule has 9 aliphatic rings. The summed E-state index contributed by atoms with van der Waals surface area (Å²) in [6.45, 7) is 25.5. The number of nitrogens with one attached hydrogen (secondary N) is 5. The summed E-state index contributed by atoms with van der Waals surface area (Å²) in [5.41, 5.74) is 21.9. The standard InChI is InChI=1S/C24H34N4O2.C24H34N4O.2C23H33N5O.C21H31N5O/c1-3-13-28-22-12-9-19(25-17-18-7-10-20(30-2)11-8-18)16-21(22)23(26-28)24(29)27-14-5-4-6-15-27;1-2-15-28-22-12-11-20(25-14-13-19-9-5-3-6-10-19)18-21(22)23(26-28)24(29)27-16-7-4-8-17-27;1-2-14-28-21-10-9-19(25-13-11-18-8-4-5-12-24-18)17-20(21)22(26-28)23(29)27-15-6-3-7-16-27;1-2-14-28-21-7-6-19(25-13-10-18-8-11-24-12-9-18)17-20(21)22(26-28)23(29)27-15-4-3-5-16-27;1-24(2)13-12-22-17-10-11-19-18(14-17)20(23-26(19)4)21(27)25(3)15-16-8-6-5-7-9-16/h7-8,10-11,19,25H,3-6,9,12-17H2,1-2H3;3,5-6,9-10,20,25H,2,4,7-8,11-18H2,1H3;4-5,8,12,19,25H,2-3,6-7,9-11,13-17H2,1H3;8-9,11-12,19,25H,2-7,10,13-17H2,1H3;5-9,17,22H,10-15H2,1-4H3. The van der Waals surface area contributed by atoms with Gasteiger partial charge in [-0.25, -0.2) is 0 Å². The highest BCUT2D eigenvalue weighted by molar-refractivity contribution is 5.97. The lowest BCUT2D eigenvalue weighted by Crippen LogP contribution is -2.39. The summed E-state index contributed by atoms with van der Waals surface area (Å²) in [6, 6.07) is 41.2. The number of methoxy groups -OCH3 is 1. The van der Waals surface area contributed by atoms with Crippen molar-refractivity contribution in [1.29, 1.82) is 0 Å². The SMILES string of the molecule is CCCn1nc(C(=O)N2CCCCC2)c2c1CCC(NCCc1ccccc1)C2.CCCn1nc(C(=O)N2CCCCC2)c2c1CCC(NCCc1ccccn1)C2.CCCn1nc(C(=O)N2CCCCC2)c2c1CCC(NCCc1ccncc1)C2.CCCn1nc(C(=O)N2CCCCC2)c2c1CCC(NCc1ccc(OC)cc1)C2.CN(C)CCNC1CCc2c(c(C(=O)N(C)Cc3ccccc3)nn2C)C1. The number of likely N-dealkylation sites (tertiary alicyclic amines) is 4. The molecule has 10 aromatic rings. The van der Waals surface area contributed by atoms with E-state index in [2.05, 4.69) is 168 Å². The van der Waals surface area contributed by atoms with Gasteiger partial charge in [-0.15, -0.1) is 0 Å². The van der Waals surface area contributed by atoms with Crippen LogP contribution >= 0.6 is 0 Å². The first-order valence-electron chi connectivity index (χ1n) is 55.1. The number of carbonyl (C=O) groups excluding carboxylic acids is 5. The number of ether oxygens (including phenoxy) is 1. The number of nitrogens with zero attached hydrogens (tertiary/aromatic N) is 18. The van der Waals surface area contributed by atoms with Gasteiger partial charge in [0.2, 0.25) is 0 Å². The normalized spacial score (nSPS) is 18.6. The minimum Gasteiger partial charge on any atom is -0.497 e. The maximum Gasteiger partial charge on any atom is 0.274 e. The number of carbonyl (C=O) groups is 5. The van der Waals surface area contributed by atoms with E-state index in [1.807, 2.05) is 112 Å². The first-order chi connectivity index (χ1) is 70.4. The molecule has 3 aromatic carbocycles. The molecule has 0 radical (unpaired) electrons. The molecule has 11 heterocycles. The fraction of sp³-hybridized carbons (Fsp3) is 0.583. The number of aromatic nitrogens is 12. The lowest BCUT2D eigenvalue weighted by atomic mass is 9.90. The van der Waals surface area contributed by atoms with Gasteiger partial charge in [0.25, 0.3) is 29.5 Å². The van der Waals surface area contributed by atoms with Crippen molar-refractivity contribution in [3.8, 4) is 5.75 Å². The van der Waals surface area contributed by atoms with Crippen molar-refractivity contribution in [2.45, 2.75) is 315 Å². The summed E-state index contributed by atoms with van der Waals surface area (Å²) < 4.78 is 15.6. The summed E-state index contributed by atoms with van der Waals surface area (Å²) in [6.07, 6.45) is 41.4. The quantitative estimate of drug-likeness (QED) is 0.0247. The molecule has 4 saturated heterocycles. The molecule has 4 aliphatic heterocycles. The first kappa shape index (κ1) is 107. The van der Waals surface area contributed by atoms with Crippen LogP contribution in [-0.4, -0.2) is 261 Å². The summed E-state index contributed by atoms with van der Waals surface area (Å²) in [5.74, 6) is 1.46. The molecule has 4 fully saturated rings. The van der Waals surface area contributed by atoms with Crippen LogP contribution in [0.5, 0.6) is 5.75 Å². The zero-order chi connectivity index (χ0) is 100. The number of pyridine rings is 2. The molecule has 19 rings (SSSR count). The number of amides is 5. The number of hydrogen-bond donors (Lipinski definition) is 5. The van der Waals surface area contributed by atoms with Gasteiger partial charge in [-0.3, -0.25) is 57.3 Å². The predicted molar refractivity (Wildman–Crippen MR) is 570 cm³/mol. The van der Waals surface area contributed by atoms with Gasteiger partial charge >= 0.3 is 0 Å². The maximum atomic E-state index is 13.3. The average Bonchev–Trinajstić information content (AvgIpc) is 1.64. The molecule has 0 saturated carbocycles. The number of fused-ring (bicyclic) bond motifs is 5. The Balaban J connectivity index is 0.000000135. The van der Waals surface area contributed by atoms with Crippen molar-refractivity contribution in [2.24, 2.45) is 7.05 Å². The van der Waals surface area contributed by atoms with Gasteiger partial charge in [0.1, 0.15) is 5.75 Å². The smallest absolute Gasteiger partial charge is 0.274 e.